The molecule has 0 amide bonds. The molecule has 0 bridgehead atoms. The van der Waals surface area contributed by atoms with Gasteiger partial charge in [0.2, 0.25) is 0 Å². The maximum Gasteiger partial charge on any atom is 0.0963 e. The Balaban J connectivity index is 1.85. The Morgan fingerprint density at radius 2 is 1.65 bits per heavy atom. The molecule has 4 heteroatoms. The van der Waals surface area contributed by atoms with Crippen LogP contribution < -0.4 is 0 Å². The molecule has 6 rings (SSSR count). The molecule has 0 atom stereocenters. The summed E-state index contributed by atoms with van der Waals surface area (Å²) in [5.74, 6) is 0. The molecule has 0 radical (unpaired) electrons. The number of rotatable bonds is 1. The molecular weight excluding hydrogens is 338 g/mol. The summed E-state index contributed by atoms with van der Waals surface area (Å²) in [5, 5.41) is 3.79. The second-order valence-corrected chi connectivity index (χ2v) is 7.47. The number of aromatic nitrogens is 3. The molecule has 4 heterocycles. The Kier molecular flexibility index (Phi) is 2.76. The van der Waals surface area contributed by atoms with Crippen LogP contribution in [-0.4, -0.2) is 14.5 Å². The van der Waals surface area contributed by atoms with Gasteiger partial charge in [0.1, 0.15) is 0 Å². The van der Waals surface area contributed by atoms with Gasteiger partial charge in [-0.05, 0) is 42.5 Å². The van der Waals surface area contributed by atoms with Crippen LogP contribution in [0.2, 0.25) is 0 Å². The summed E-state index contributed by atoms with van der Waals surface area (Å²) in [7, 11) is 0. The molecule has 122 valence electrons. The maximum atomic E-state index is 4.69. The highest BCUT2D eigenvalue weighted by Gasteiger charge is 2.15. The number of benzene rings is 2. The molecule has 26 heavy (non-hydrogen) atoms. The van der Waals surface area contributed by atoms with E-state index in [1.54, 1.807) is 6.20 Å². The molecule has 0 aliphatic rings. The average Bonchev–Trinajstić information content (AvgIpc) is 3.22. The van der Waals surface area contributed by atoms with Crippen LogP contribution in [-0.2, 0) is 0 Å². The zero-order valence-electron chi connectivity index (χ0n) is 13.8. The van der Waals surface area contributed by atoms with Gasteiger partial charge in [0, 0.05) is 38.0 Å². The first-order valence-electron chi connectivity index (χ1n) is 8.51. The highest BCUT2D eigenvalue weighted by atomic mass is 32.1. The minimum Gasteiger partial charge on any atom is -0.306 e. The molecule has 0 N–H and O–H groups in total. The predicted octanol–water partition coefficient (Wildman–Crippen LogP) is 5.94. The molecule has 0 saturated carbocycles. The van der Waals surface area contributed by atoms with Gasteiger partial charge in [-0.25, -0.2) is 0 Å². The first kappa shape index (κ1) is 14.0. The number of pyridine rings is 2. The van der Waals surface area contributed by atoms with Crippen LogP contribution in [0.5, 0.6) is 0 Å². The summed E-state index contributed by atoms with van der Waals surface area (Å²) in [6.45, 7) is 0. The van der Waals surface area contributed by atoms with E-state index in [0.717, 1.165) is 16.7 Å². The van der Waals surface area contributed by atoms with E-state index in [9.17, 15) is 0 Å². The van der Waals surface area contributed by atoms with Crippen molar-refractivity contribution in [2.24, 2.45) is 0 Å². The molecule has 0 aliphatic carbocycles. The lowest BCUT2D eigenvalue weighted by atomic mass is 10.1. The van der Waals surface area contributed by atoms with Gasteiger partial charge in [-0.3, -0.25) is 9.97 Å². The number of fused-ring (bicyclic) bond motifs is 6. The highest BCUT2D eigenvalue weighted by molar-refractivity contribution is 7.25. The lowest BCUT2D eigenvalue weighted by Crippen LogP contribution is -1.93. The minimum absolute atomic E-state index is 1.03. The summed E-state index contributed by atoms with van der Waals surface area (Å²) < 4.78 is 4.88. The van der Waals surface area contributed by atoms with Crippen molar-refractivity contribution in [1.29, 1.82) is 0 Å². The van der Waals surface area contributed by atoms with E-state index in [-0.39, 0.29) is 0 Å². The molecule has 6 aromatic rings. The summed E-state index contributed by atoms with van der Waals surface area (Å²) in [6, 6.07) is 21.4. The second-order valence-electron chi connectivity index (χ2n) is 6.38. The fraction of sp³-hybridized carbons (Fsp3) is 0. The van der Waals surface area contributed by atoms with Crippen LogP contribution in [0.15, 0.2) is 79.3 Å². The fourth-order valence-electron chi connectivity index (χ4n) is 3.81. The third kappa shape index (κ3) is 1.82. The summed E-state index contributed by atoms with van der Waals surface area (Å²) in [5.41, 5.74) is 4.37. The smallest absolute Gasteiger partial charge is 0.0963 e. The SMILES string of the molecule is c1cncc(-n2c3cc4sc5ccccc5c4cc3c3ncccc32)c1. The average molecular weight is 351 g/mol. The summed E-state index contributed by atoms with van der Waals surface area (Å²) in [6.07, 6.45) is 5.58. The largest absolute Gasteiger partial charge is 0.306 e. The van der Waals surface area contributed by atoms with Crippen LogP contribution >= 0.6 is 11.3 Å². The first-order valence-corrected chi connectivity index (χ1v) is 9.33. The van der Waals surface area contributed by atoms with Gasteiger partial charge in [0.25, 0.3) is 0 Å². The van der Waals surface area contributed by atoms with Crippen molar-refractivity contribution < 1.29 is 0 Å². The molecule has 0 spiro atoms. The molecule has 2 aromatic carbocycles. The summed E-state index contributed by atoms with van der Waals surface area (Å²) in [4.78, 5) is 9.00. The van der Waals surface area contributed by atoms with Crippen LogP contribution in [0.25, 0.3) is 47.8 Å². The van der Waals surface area contributed by atoms with Crippen LogP contribution in [0.3, 0.4) is 0 Å². The Morgan fingerprint density at radius 1 is 0.731 bits per heavy atom. The normalized spacial score (nSPS) is 11.8. The third-order valence-corrected chi connectivity index (χ3v) is 6.06. The molecule has 0 unspecified atom stereocenters. The number of hydrogen-bond acceptors (Lipinski definition) is 3. The van der Waals surface area contributed by atoms with E-state index < -0.39 is 0 Å². The van der Waals surface area contributed by atoms with Crippen molar-refractivity contribution in [2.75, 3.05) is 0 Å². The number of thiophene rings is 1. The van der Waals surface area contributed by atoms with Gasteiger partial charge in [0.05, 0.1) is 28.4 Å². The van der Waals surface area contributed by atoms with Crippen molar-refractivity contribution in [3.63, 3.8) is 0 Å². The van der Waals surface area contributed by atoms with E-state index >= 15 is 0 Å². The van der Waals surface area contributed by atoms with Gasteiger partial charge in [-0.15, -0.1) is 11.3 Å². The Bertz CT molecular complexity index is 1430. The van der Waals surface area contributed by atoms with E-state index in [2.05, 4.69) is 63.1 Å². The third-order valence-electron chi connectivity index (χ3n) is 4.92. The lowest BCUT2D eigenvalue weighted by Gasteiger charge is -2.06. The van der Waals surface area contributed by atoms with Crippen molar-refractivity contribution in [1.82, 2.24) is 14.5 Å². The van der Waals surface area contributed by atoms with E-state index in [0.29, 0.717) is 0 Å². The van der Waals surface area contributed by atoms with Gasteiger partial charge in [-0.2, -0.15) is 0 Å². The molecular formula is C22H13N3S. The monoisotopic (exact) mass is 351 g/mol. The topological polar surface area (TPSA) is 30.7 Å². The first-order chi connectivity index (χ1) is 12.9. The van der Waals surface area contributed by atoms with Crippen LogP contribution in [0, 0.1) is 0 Å². The van der Waals surface area contributed by atoms with Crippen molar-refractivity contribution in [2.45, 2.75) is 0 Å². The maximum absolute atomic E-state index is 4.69. The Labute approximate surface area is 153 Å². The highest BCUT2D eigenvalue weighted by Crippen LogP contribution is 2.39. The zero-order valence-corrected chi connectivity index (χ0v) is 14.6. The second kappa shape index (κ2) is 5.13. The summed E-state index contributed by atoms with van der Waals surface area (Å²) >= 11 is 1.84. The standard InChI is InChI=1S/C22H13N3S/c1-2-8-20-15(6-1)16-11-17-19(12-21(16)26-20)25(14-5-3-9-23-13-14)18-7-4-10-24-22(17)18/h1-13H. The van der Waals surface area contributed by atoms with Crippen LogP contribution in [0.4, 0.5) is 0 Å². The Morgan fingerprint density at radius 3 is 2.58 bits per heavy atom. The molecule has 0 fully saturated rings. The minimum atomic E-state index is 1.03. The molecule has 0 saturated heterocycles. The van der Waals surface area contributed by atoms with Crippen molar-refractivity contribution in [3.05, 3.63) is 79.3 Å². The van der Waals surface area contributed by atoms with Gasteiger partial charge < -0.3 is 4.57 Å². The number of hydrogen-bond donors (Lipinski definition) is 0. The van der Waals surface area contributed by atoms with Crippen molar-refractivity contribution in [3.8, 4) is 5.69 Å². The van der Waals surface area contributed by atoms with Gasteiger partial charge in [-0.1, -0.05) is 18.2 Å². The molecule has 0 aliphatic heterocycles. The van der Waals surface area contributed by atoms with E-state index in [4.69, 9.17) is 0 Å². The zero-order chi connectivity index (χ0) is 17.1. The van der Waals surface area contributed by atoms with E-state index in [1.165, 1.54) is 31.1 Å². The van der Waals surface area contributed by atoms with Gasteiger partial charge in [0.15, 0.2) is 0 Å². The van der Waals surface area contributed by atoms with E-state index in [1.807, 2.05) is 35.9 Å². The quantitative estimate of drug-likeness (QED) is 0.367. The Hall–Kier alpha value is -3.24. The van der Waals surface area contributed by atoms with Gasteiger partial charge >= 0.3 is 0 Å². The molecule has 3 nitrogen and oxygen atoms in total. The fourth-order valence-corrected chi connectivity index (χ4v) is 4.93. The van der Waals surface area contributed by atoms with Crippen molar-refractivity contribution >= 4 is 53.4 Å². The van der Waals surface area contributed by atoms with Crippen LogP contribution in [0.1, 0.15) is 0 Å². The predicted molar refractivity (Wildman–Crippen MR) is 109 cm³/mol. The lowest BCUT2D eigenvalue weighted by molar-refractivity contribution is 1.14. The molecule has 4 aromatic heterocycles. The number of nitrogens with zero attached hydrogens (tertiary/aromatic N) is 3.